The first-order chi connectivity index (χ1) is 8.08. The van der Waals surface area contributed by atoms with E-state index in [0.29, 0.717) is 6.54 Å². The number of nitrogens with zero attached hydrogens (tertiary/aromatic N) is 2. The standard InChI is InChI=1S/C13H15FN2O/c1-9-13(10(2)17-15-9)8-16(3)12-6-4-11(14)5-7-12/h4-7H,8H2,1-3H3. The largest absolute Gasteiger partial charge is 0.370 e. The van der Waals surface area contributed by atoms with Crippen LogP contribution in [-0.4, -0.2) is 12.2 Å². The molecule has 0 spiro atoms. The fraction of sp³-hybridized carbons (Fsp3) is 0.308. The van der Waals surface area contributed by atoms with Gasteiger partial charge in [0.1, 0.15) is 11.6 Å². The zero-order chi connectivity index (χ0) is 12.4. The van der Waals surface area contributed by atoms with Gasteiger partial charge in [0.05, 0.1) is 5.69 Å². The fourth-order valence-corrected chi connectivity index (χ4v) is 1.75. The third kappa shape index (κ3) is 2.46. The van der Waals surface area contributed by atoms with Crippen LogP contribution in [0.2, 0.25) is 0 Å². The van der Waals surface area contributed by atoms with E-state index in [1.165, 1.54) is 12.1 Å². The van der Waals surface area contributed by atoms with Gasteiger partial charge in [-0.1, -0.05) is 5.16 Å². The van der Waals surface area contributed by atoms with Crippen LogP contribution in [0.1, 0.15) is 17.0 Å². The van der Waals surface area contributed by atoms with E-state index in [9.17, 15) is 4.39 Å². The molecule has 0 atom stereocenters. The molecule has 0 aliphatic carbocycles. The maximum Gasteiger partial charge on any atom is 0.138 e. The first-order valence-corrected chi connectivity index (χ1v) is 5.46. The molecule has 0 unspecified atom stereocenters. The molecule has 1 heterocycles. The van der Waals surface area contributed by atoms with Gasteiger partial charge in [-0.2, -0.15) is 0 Å². The predicted molar refractivity (Wildman–Crippen MR) is 64.5 cm³/mol. The summed E-state index contributed by atoms with van der Waals surface area (Å²) in [5, 5.41) is 3.92. The second-order valence-electron chi connectivity index (χ2n) is 4.14. The molecule has 0 aliphatic rings. The van der Waals surface area contributed by atoms with E-state index in [1.807, 2.05) is 25.8 Å². The lowest BCUT2D eigenvalue weighted by atomic mass is 10.2. The summed E-state index contributed by atoms with van der Waals surface area (Å²) in [7, 11) is 1.96. The zero-order valence-electron chi connectivity index (χ0n) is 10.2. The van der Waals surface area contributed by atoms with Crippen molar-refractivity contribution in [3.8, 4) is 0 Å². The lowest BCUT2D eigenvalue weighted by Gasteiger charge is -2.18. The number of aryl methyl sites for hydroxylation is 2. The molecule has 0 N–H and O–H groups in total. The van der Waals surface area contributed by atoms with Gasteiger partial charge >= 0.3 is 0 Å². The van der Waals surface area contributed by atoms with Crippen molar-refractivity contribution >= 4 is 5.69 Å². The average Bonchev–Trinajstić information content (AvgIpc) is 2.61. The summed E-state index contributed by atoms with van der Waals surface area (Å²) in [5.74, 6) is 0.607. The van der Waals surface area contributed by atoms with Crippen molar-refractivity contribution in [2.24, 2.45) is 0 Å². The molecule has 2 aromatic rings. The molecule has 17 heavy (non-hydrogen) atoms. The topological polar surface area (TPSA) is 29.3 Å². The Morgan fingerprint density at radius 3 is 2.41 bits per heavy atom. The number of halogens is 1. The maximum absolute atomic E-state index is 12.8. The van der Waals surface area contributed by atoms with Gasteiger partial charge in [-0.05, 0) is 38.1 Å². The van der Waals surface area contributed by atoms with Crippen molar-refractivity contribution in [2.45, 2.75) is 20.4 Å². The Hall–Kier alpha value is -1.84. The van der Waals surface area contributed by atoms with Crippen LogP contribution in [0.3, 0.4) is 0 Å². The quantitative estimate of drug-likeness (QED) is 0.817. The highest BCUT2D eigenvalue weighted by atomic mass is 19.1. The van der Waals surface area contributed by atoms with E-state index >= 15 is 0 Å². The minimum atomic E-state index is -0.223. The number of aromatic nitrogens is 1. The second kappa shape index (κ2) is 4.57. The van der Waals surface area contributed by atoms with Gasteiger partial charge in [-0.25, -0.2) is 4.39 Å². The summed E-state index contributed by atoms with van der Waals surface area (Å²) in [6, 6.07) is 6.43. The molecule has 2 rings (SSSR count). The van der Waals surface area contributed by atoms with Gasteiger partial charge in [0.2, 0.25) is 0 Å². The minimum absolute atomic E-state index is 0.223. The van der Waals surface area contributed by atoms with E-state index in [1.54, 1.807) is 12.1 Å². The van der Waals surface area contributed by atoms with Gasteiger partial charge in [-0.3, -0.25) is 0 Å². The highest BCUT2D eigenvalue weighted by Gasteiger charge is 2.11. The normalized spacial score (nSPS) is 10.6. The summed E-state index contributed by atoms with van der Waals surface area (Å²) < 4.78 is 17.9. The number of rotatable bonds is 3. The Labute approximate surface area is 99.8 Å². The lowest BCUT2D eigenvalue weighted by Crippen LogP contribution is -2.17. The highest BCUT2D eigenvalue weighted by Crippen LogP contribution is 2.19. The number of hydrogen-bond donors (Lipinski definition) is 0. The number of benzene rings is 1. The highest BCUT2D eigenvalue weighted by molar-refractivity contribution is 5.46. The van der Waals surface area contributed by atoms with Crippen molar-refractivity contribution in [1.29, 1.82) is 0 Å². The van der Waals surface area contributed by atoms with Crippen molar-refractivity contribution in [3.63, 3.8) is 0 Å². The molecular weight excluding hydrogens is 219 g/mol. The molecule has 0 saturated carbocycles. The van der Waals surface area contributed by atoms with Crippen LogP contribution < -0.4 is 4.90 Å². The van der Waals surface area contributed by atoms with Gasteiger partial charge < -0.3 is 9.42 Å². The fourth-order valence-electron chi connectivity index (χ4n) is 1.75. The SMILES string of the molecule is Cc1noc(C)c1CN(C)c1ccc(F)cc1. The van der Waals surface area contributed by atoms with Crippen LogP contribution in [0.25, 0.3) is 0 Å². The predicted octanol–water partition coefficient (Wildman–Crippen LogP) is 3.07. The lowest BCUT2D eigenvalue weighted by molar-refractivity contribution is 0.392. The summed E-state index contributed by atoms with van der Waals surface area (Å²) >= 11 is 0. The Morgan fingerprint density at radius 1 is 1.24 bits per heavy atom. The van der Waals surface area contributed by atoms with Gasteiger partial charge in [0.15, 0.2) is 0 Å². The molecule has 0 aliphatic heterocycles. The summed E-state index contributed by atoms with van der Waals surface area (Å²) in [6.07, 6.45) is 0. The molecule has 1 aromatic carbocycles. The van der Waals surface area contributed by atoms with Crippen molar-refractivity contribution in [3.05, 3.63) is 47.1 Å². The van der Waals surface area contributed by atoms with Crippen LogP contribution >= 0.6 is 0 Å². The second-order valence-corrected chi connectivity index (χ2v) is 4.14. The third-order valence-corrected chi connectivity index (χ3v) is 2.84. The summed E-state index contributed by atoms with van der Waals surface area (Å²) in [4.78, 5) is 2.03. The van der Waals surface area contributed by atoms with Crippen LogP contribution in [0.4, 0.5) is 10.1 Å². The van der Waals surface area contributed by atoms with E-state index in [0.717, 1.165) is 22.7 Å². The first kappa shape index (κ1) is 11.6. The van der Waals surface area contributed by atoms with Gasteiger partial charge in [0.25, 0.3) is 0 Å². The molecule has 0 radical (unpaired) electrons. The van der Waals surface area contributed by atoms with E-state index in [4.69, 9.17) is 4.52 Å². The Morgan fingerprint density at radius 2 is 1.88 bits per heavy atom. The number of hydrogen-bond acceptors (Lipinski definition) is 3. The molecule has 0 saturated heterocycles. The van der Waals surface area contributed by atoms with Crippen LogP contribution in [0.5, 0.6) is 0 Å². The van der Waals surface area contributed by atoms with Crippen LogP contribution in [0.15, 0.2) is 28.8 Å². The minimum Gasteiger partial charge on any atom is -0.370 e. The molecule has 0 bridgehead atoms. The van der Waals surface area contributed by atoms with Gasteiger partial charge in [-0.15, -0.1) is 0 Å². The zero-order valence-corrected chi connectivity index (χ0v) is 10.2. The molecule has 4 heteroatoms. The molecule has 90 valence electrons. The third-order valence-electron chi connectivity index (χ3n) is 2.84. The Kier molecular flexibility index (Phi) is 3.13. The van der Waals surface area contributed by atoms with Gasteiger partial charge in [0, 0.05) is 24.8 Å². The van der Waals surface area contributed by atoms with Crippen molar-refractivity contribution in [1.82, 2.24) is 5.16 Å². The Bertz CT molecular complexity index is 485. The molecular formula is C13H15FN2O. The van der Waals surface area contributed by atoms with Crippen LogP contribution in [0, 0.1) is 19.7 Å². The van der Waals surface area contributed by atoms with Crippen LogP contribution in [-0.2, 0) is 6.54 Å². The van der Waals surface area contributed by atoms with Crippen molar-refractivity contribution in [2.75, 3.05) is 11.9 Å². The van der Waals surface area contributed by atoms with E-state index < -0.39 is 0 Å². The maximum atomic E-state index is 12.8. The smallest absolute Gasteiger partial charge is 0.138 e. The van der Waals surface area contributed by atoms with E-state index in [2.05, 4.69) is 5.16 Å². The van der Waals surface area contributed by atoms with E-state index in [-0.39, 0.29) is 5.82 Å². The first-order valence-electron chi connectivity index (χ1n) is 5.46. The number of anilines is 1. The molecule has 1 aromatic heterocycles. The van der Waals surface area contributed by atoms with Crippen molar-refractivity contribution < 1.29 is 8.91 Å². The molecule has 3 nitrogen and oxygen atoms in total. The summed E-state index contributed by atoms with van der Waals surface area (Å²) in [5.41, 5.74) is 2.94. The molecule has 0 fully saturated rings. The monoisotopic (exact) mass is 234 g/mol. The average molecular weight is 234 g/mol. The molecule has 0 amide bonds. The Balaban J connectivity index is 2.17. The summed E-state index contributed by atoms with van der Waals surface area (Å²) in [6.45, 7) is 4.52.